The predicted molar refractivity (Wildman–Crippen MR) is 109 cm³/mol. The van der Waals surface area contributed by atoms with Gasteiger partial charge in [-0.25, -0.2) is 19.6 Å². The molecule has 0 atom stereocenters. The van der Waals surface area contributed by atoms with E-state index in [1.54, 1.807) is 55.5 Å². The molecule has 3 rings (SSSR count). The molecular weight excluding hydrogens is 372 g/mol. The largest absolute Gasteiger partial charge is 0.465 e. The number of esters is 2. The van der Waals surface area contributed by atoms with Gasteiger partial charge in [0.05, 0.1) is 31.0 Å². The summed E-state index contributed by atoms with van der Waals surface area (Å²) < 4.78 is 9.56. The number of carbonyl (C=O) groups excluding carboxylic acids is 2. The van der Waals surface area contributed by atoms with E-state index in [9.17, 15) is 9.59 Å². The zero-order valence-corrected chi connectivity index (χ0v) is 16.2. The zero-order chi connectivity index (χ0) is 20.8. The highest BCUT2D eigenvalue weighted by molar-refractivity contribution is 5.96. The van der Waals surface area contributed by atoms with Crippen molar-refractivity contribution in [1.29, 1.82) is 0 Å². The number of rotatable bonds is 6. The van der Waals surface area contributed by atoms with Gasteiger partial charge in [-0.3, -0.25) is 0 Å². The van der Waals surface area contributed by atoms with Crippen molar-refractivity contribution in [3.63, 3.8) is 0 Å². The second-order valence-electron chi connectivity index (χ2n) is 6.05. The zero-order valence-electron chi connectivity index (χ0n) is 16.2. The molecule has 0 fully saturated rings. The molecule has 0 saturated heterocycles. The quantitative estimate of drug-likeness (QED) is 0.610. The molecule has 0 unspecified atom stereocenters. The van der Waals surface area contributed by atoms with Gasteiger partial charge in [-0.05, 0) is 37.3 Å². The number of para-hydroxylation sites is 1. The lowest BCUT2D eigenvalue weighted by atomic mass is 10.2. The standard InChI is InChI=1S/C21H20N4O4/c1-13-22-18(24-15-8-6-7-14(11-15)20(26)28-2)12-19(23-13)25-17-10-5-4-9-16(17)21(27)29-3/h4-12H,1-3H3,(H2,22,23,24,25). The van der Waals surface area contributed by atoms with Gasteiger partial charge in [0.15, 0.2) is 0 Å². The first-order valence-corrected chi connectivity index (χ1v) is 8.75. The highest BCUT2D eigenvalue weighted by Gasteiger charge is 2.12. The lowest BCUT2D eigenvalue weighted by Crippen LogP contribution is -2.07. The van der Waals surface area contributed by atoms with Crippen molar-refractivity contribution in [2.45, 2.75) is 6.92 Å². The van der Waals surface area contributed by atoms with Gasteiger partial charge in [-0.1, -0.05) is 18.2 Å². The second-order valence-corrected chi connectivity index (χ2v) is 6.05. The molecule has 2 aromatic carbocycles. The van der Waals surface area contributed by atoms with Crippen molar-refractivity contribution in [2.24, 2.45) is 0 Å². The lowest BCUT2D eigenvalue weighted by Gasteiger charge is -2.12. The molecule has 3 aromatic rings. The van der Waals surface area contributed by atoms with Gasteiger partial charge in [-0.2, -0.15) is 0 Å². The molecule has 0 aliphatic carbocycles. The molecule has 2 N–H and O–H groups in total. The first-order chi connectivity index (χ1) is 14.0. The number of nitrogens with one attached hydrogen (secondary N) is 2. The number of ether oxygens (including phenoxy) is 2. The maximum atomic E-state index is 12.0. The molecule has 1 heterocycles. The third-order valence-electron chi connectivity index (χ3n) is 3.99. The number of aryl methyl sites for hydroxylation is 1. The van der Waals surface area contributed by atoms with Crippen LogP contribution in [-0.4, -0.2) is 36.1 Å². The molecule has 0 aliphatic heterocycles. The first-order valence-electron chi connectivity index (χ1n) is 8.75. The van der Waals surface area contributed by atoms with E-state index < -0.39 is 11.9 Å². The molecule has 0 radical (unpaired) electrons. The molecule has 29 heavy (non-hydrogen) atoms. The Morgan fingerprint density at radius 2 is 1.52 bits per heavy atom. The Kier molecular flexibility index (Phi) is 6.03. The number of nitrogens with zero attached hydrogens (tertiary/aromatic N) is 2. The molecule has 0 spiro atoms. The van der Waals surface area contributed by atoms with Gasteiger partial charge in [0, 0.05) is 11.8 Å². The van der Waals surface area contributed by atoms with E-state index in [-0.39, 0.29) is 0 Å². The average molecular weight is 392 g/mol. The fourth-order valence-electron chi connectivity index (χ4n) is 2.70. The van der Waals surface area contributed by atoms with Crippen LogP contribution in [0.1, 0.15) is 26.5 Å². The van der Waals surface area contributed by atoms with E-state index >= 15 is 0 Å². The third kappa shape index (κ3) is 4.86. The van der Waals surface area contributed by atoms with Crippen molar-refractivity contribution in [2.75, 3.05) is 24.9 Å². The topological polar surface area (TPSA) is 102 Å². The summed E-state index contributed by atoms with van der Waals surface area (Å²) in [5.74, 6) is 0.682. The van der Waals surface area contributed by atoms with Gasteiger partial charge in [0.1, 0.15) is 17.5 Å². The molecule has 0 bridgehead atoms. The van der Waals surface area contributed by atoms with Crippen molar-refractivity contribution in [3.8, 4) is 0 Å². The molecule has 148 valence electrons. The van der Waals surface area contributed by atoms with Crippen LogP contribution < -0.4 is 10.6 Å². The minimum absolute atomic E-state index is 0.395. The van der Waals surface area contributed by atoms with E-state index in [2.05, 4.69) is 20.6 Å². The number of hydrogen-bond donors (Lipinski definition) is 2. The summed E-state index contributed by atoms with van der Waals surface area (Å²) in [6.45, 7) is 1.76. The number of hydrogen-bond acceptors (Lipinski definition) is 8. The van der Waals surface area contributed by atoms with Crippen molar-refractivity contribution in [3.05, 3.63) is 71.5 Å². The van der Waals surface area contributed by atoms with Crippen LogP contribution in [0.3, 0.4) is 0 Å². The Balaban J connectivity index is 1.86. The Hall–Kier alpha value is -3.94. The van der Waals surface area contributed by atoms with Crippen LogP contribution in [0, 0.1) is 6.92 Å². The number of methoxy groups -OCH3 is 2. The van der Waals surface area contributed by atoms with Crippen LogP contribution in [0.25, 0.3) is 0 Å². The lowest BCUT2D eigenvalue weighted by molar-refractivity contribution is 0.0592. The van der Waals surface area contributed by atoms with Crippen LogP contribution in [0.2, 0.25) is 0 Å². The Bertz CT molecular complexity index is 1050. The van der Waals surface area contributed by atoms with Crippen LogP contribution in [0.15, 0.2) is 54.6 Å². The van der Waals surface area contributed by atoms with Gasteiger partial charge in [-0.15, -0.1) is 0 Å². The Morgan fingerprint density at radius 1 is 0.828 bits per heavy atom. The summed E-state index contributed by atoms with van der Waals surface area (Å²) in [6.07, 6.45) is 0. The molecule has 0 aliphatic rings. The summed E-state index contributed by atoms with van der Waals surface area (Å²) in [5.41, 5.74) is 2.06. The number of anilines is 4. The first kappa shape index (κ1) is 19.8. The average Bonchev–Trinajstić information content (AvgIpc) is 2.72. The molecule has 8 nitrogen and oxygen atoms in total. The monoisotopic (exact) mass is 392 g/mol. The molecule has 0 saturated carbocycles. The van der Waals surface area contributed by atoms with E-state index in [1.807, 2.05) is 6.07 Å². The minimum Gasteiger partial charge on any atom is -0.465 e. The van der Waals surface area contributed by atoms with Crippen LogP contribution in [-0.2, 0) is 9.47 Å². The molecule has 0 amide bonds. The number of benzene rings is 2. The molecule has 1 aromatic heterocycles. The van der Waals surface area contributed by atoms with E-state index in [0.717, 1.165) is 0 Å². The summed E-state index contributed by atoms with van der Waals surface area (Å²) in [5, 5.41) is 6.28. The van der Waals surface area contributed by atoms with Crippen LogP contribution in [0.4, 0.5) is 23.0 Å². The van der Waals surface area contributed by atoms with Gasteiger partial charge in [0.25, 0.3) is 0 Å². The summed E-state index contributed by atoms with van der Waals surface area (Å²) in [4.78, 5) is 32.4. The van der Waals surface area contributed by atoms with Crippen molar-refractivity contribution in [1.82, 2.24) is 9.97 Å². The number of carbonyl (C=O) groups is 2. The fourth-order valence-corrected chi connectivity index (χ4v) is 2.70. The van der Waals surface area contributed by atoms with Crippen molar-refractivity contribution >= 4 is 34.9 Å². The Morgan fingerprint density at radius 3 is 2.24 bits per heavy atom. The maximum absolute atomic E-state index is 12.0. The maximum Gasteiger partial charge on any atom is 0.339 e. The van der Waals surface area contributed by atoms with Crippen LogP contribution >= 0.6 is 0 Å². The molecular formula is C21H20N4O4. The summed E-state index contributed by atoms with van der Waals surface area (Å²) >= 11 is 0. The van der Waals surface area contributed by atoms with Crippen molar-refractivity contribution < 1.29 is 19.1 Å². The SMILES string of the molecule is COC(=O)c1cccc(Nc2cc(Nc3ccccc3C(=O)OC)nc(C)n2)c1. The summed E-state index contributed by atoms with van der Waals surface area (Å²) in [7, 11) is 2.67. The fraction of sp³-hybridized carbons (Fsp3) is 0.143. The third-order valence-corrected chi connectivity index (χ3v) is 3.99. The molecule has 8 heteroatoms. The Labute approximate surface area is 167 Å². The van der Waals surface area contributed by atoms with Gasteiger partial charge in [0.2, 0.25) is 0 Å². The normalized spacial score (nSPS) is 10.2. The van der Waals surface area contributed by atoms with E-state index in [0.29, 0.717) is 40.0 Å². The minimum atomic E-state index is -0.447. The highest BCUT2D eigenvalue weighted by atomic mass is 16.5. The van der Waals surface area contributed by atoms with Gasteiger partial charge >= 0.3 is 11.9 Å². The summed E-state index contributed by atoms with van der Waals surface area (Å²) in [6, 6.07) is 15.6. The highest BCUT2D eigenvalue weighted by Crippen LogP contribution is 2.23. The van der Waals surface area contributed by atoms with Gasteiger partial charge < -0.3 is 20.1 Å². The predicted octanol–water partition coefficient (Wildman–Crippen LogP) is 3.85. The number of aromatic nitrogens is 2. The second kappa shape index (κ2) is 8.83. The van der Waals surface area contributed by atoms with E-state index in [1.165, 1.54) is 14.2 Å². The van der Waals surface area contributed by atoms with E-state index in [4.69, 9.17) is 9.47 Å². The van der Waals surface area contributed by atoms with Crippen LogP contribution in [0.5, 0.6) is 0 Å². The smallest absolute Gasteiger partial charge is 0.339 e.